The van der Waals surface area contributed by atoms with E-state index in [1.807, 2.05) is 23.4 Å². The molecule has 4 rings (SSSR count). The zero-order valence-electron chi connectivity index (χ0n) is 16.9. The van der Waals surface area contributed by atoms with Crippen molar-refractivity contribution >= 4 is 27.6 Å². The van der Waals surface area contributed by atoms with Gasteiger partial charge in [0.2, 0.25) is 0 Å². The first kappa shape index (κ1) is 20.3. The summed E-state index contributed by atoms with van der Waals surface area (Å²) in [6, 6.07) is 3.80. The van der Waals surface area contributed by atoms with E-state index < -0.39 is 14.5 Å². The van der Waals surface area contributed by atoms with Gasteiger partial charge in [0.15, 0.2) is 0 Å². The molecule has 0 saturated carbocycles. The maximum atomic E-state index is 13.6. The summed E-state index contributed by atoms with van der Waals surface area (Å²) in [5.41, 5.74) is 2.52. The monoisotopic (exact) mass is 417 g/mol. The third-order valence-corrected chi connectivity index (χ3v) is 9.56. The molecule has 0 N–H and O–H groups in total. The van der Waals surface area contributed by atoms with Gasteiger partial charge in [-0.05, 0) is 56.2 Å². The summed E-state index contributed by atoms with van der Waals surface area (Å²) in [5.74, 6) is 3.86. The quantitative estimate of drug-likeness (QED) is 0.710. The molecule has 1 aromatic rings. The molecule has 156 valence electrons. The fourth-order valence-electron chi connectivity index (χ4n) is 4.28. The molecule has 2 heterocycles. The van der Waals surface area contributed by atoms with E-state index in [0.717, 1.165) is 18.5 Å². The number of carbonyl (C=O) groups is 1. The summed E-state index contributed by atoms with van der Waals surface area (Å²) >= 11 is 0. The van der Waals surface area contributed by atoms with E-state index >= 15 is 0 Å². The van der Waals surface area contributed by atoms with Crippen molar-refractivity contribution in [3.63, 3.8) is 0 Å². The number of aromatic nitrogens is 1. The molecular weight excluding hydrogens is 389 g/mol. The van der Waals surface area contributed by atoms with Gasteiger partial charge >= 0.3 is 0 Å². The van der Waals surface area contributed by atoms with Crippen LogP contribution in [-0.2, 0) is 16.1 Å². The van der Waals surface area contributed by atoms with Crippen molar-refractivity contribution in [2.45, 2.75) is 43.8 Å². The summed E-state index contributed by atoms with van der Waals surface area (Å²) in [5, 5.41) is 0. The maximum absolute atomic E-state index is 13.6. The number of nitrogens with zero attached hydrogens (tertiary/aromatic N) is 3. The predicted octanol–water partition coefficient (Wildman–Crippen LogP) is 3.23. The number of rotatable bonds is 3. The molecule has 1 amide bonds. The lowest BCUT2D eigenvalue weighted by Gasteiger charge is -2.44. The van der Waals surface area contributed by atoms with E-state index in [1.165, 1.54) is 5.56 Å². The lowest BCUT2D eigenvalue weighted by atomic mass is 9.95. The lowest BCUT2D eigenvalue weighted by molar-refractivity contribution is 0.0693. The van der Waals surface area contributed by atoms with E-state index in [4.69, 9.17) is 0 Å². The van der Waals surface area contributed by atoms with Gasteiger partial charge in [0.25, 0.3) is 5.91 Å². The van der Waals surface area contributed by atoms with Crippen LogP contribution in [0.25, 0.3) is 6.08 Å². The number of hydrogen-bond donors (Lipinski definition) is 0. The smallest absolute Gasteiger partial charge is 0.272 e. The van der Waals surface area contributed by atoms with Gasteiger partial charge in [0.1, 0.15) is 5.69 Å². The van der Waals surface area contributed by atoms with Gasteiger partial charge in [-0.25, -0.2) is 13.7 Å². The molecule has 0 bridgehead atoms. The number of allylic oxidation sites excluding steroid dienone is 3. The molecule has 1 saturated heterocycles. The Morgan fingerprint density at radius 1 is 1.24 bits per heavy atom. The first-order chi connectivity index (χ1) is 13.8. The zero-order valence-corrected chi connectivity index (χ0v) is 17.7. The van der Waals surface area contributed by atoms with E-state index in [0.29, 0.717) is 51.1 Å². The van der Waals surface area contributed by atoms with Crippen LogP contribution in [0.2, 0.25) is 0 Å². The minimum atomic E-state index is -2.57. The third kappa shape index (κ3) is 3.78. The zero-order chi connectivity index (χ0) is 20.6. The van der Waals surface area contributed by atoms with E-state index in [9.17, 15) is 13.4 Å². The first-order valence-electron chi connectivity index (χ1n) is 10.2. The number of halogens is 1. The van der Waals surface area contributed by atoms with Crippen LogP contribution in [0.1, 0.15) is 54.4 Å². The Bertz CT molecular complexity index is 978. The number of carbonyl (C=O) groups excluding carboxylic acids is 1. The van der Waals surface area contributed by atoms with Crippen LogP contribution in [0, 0.1) is 0 Å². The Labute approximate surface area is 172 Å². The van der Waals surface area contributed by atoms with Crippen molar-refractivity contribution in [3.8, 4) is 0 Å². The van der Waals surface area contributed by atoms with Gasteiger partial charge in [0, 0.05) is 42.3 Å². The number of amides is 1. The van der Waals surface area contributed by atoms with Crippen LogP contribution in [0.5, 0.6) is 0 Å². The molecule has 1 fully saturated rings. The first-order valence-corrected chi connectivity index (χ1v) is 11.9. The lowest BCUT2D eigenvalue weighted by Crippen LogP contribution is -2.55. The molecule has 5 nitrogen and oxygen atoms in total. The number of fused-ring (bicyclic) bond motifs is 1. The van der Waals surface area contributed by atoms with E-state index in [2.05, 4.69) is 16.9 Å². The molecule has 29 heavy (non-hydrogen) atoms. The maximum Gasteiger partial charge on any atom is 0.272 e. The second kappa shape index (κ2) is 7.69. The minimum Gasteiger partial charge on any atom is -0.335 e. The van der Waals surface area contributed by atoms with Crippen molar-refractivity contribution < 1.29 is 13.4 Å². The summed E-state index contributed by atoms with van der Waals surface area (Å²) < 4.78 is 28.4. The second-order valence-corrected chi connectivity index (χ2v) is 11.1. The van der Waals surface area contributed by atoms with Gasteiger partial charge in [-0.1, -0.05) is 18.2 Å². The third-order valence-electron chi connectivity index (χ3n) is 6.45. The van der Waals surface area contributed by atoms with Crippen LogP contribution in [0.15, 0.2) is 30.1 Å². The van der Waals surface area contributed by atoms with Gasteiger partial charge in [0.05, 0.1) is 16.3 Å². The van der Waals surface area contributed by atoms with Crippen molar-refractivity contribution in [2.24, 2.45) is 0 Å². The van der Waals surface area contributed by atoms with Crippen LogP contribution in [-0.4, -0.2) is 61.1 Å². The van der Waals surface area contributed by atoms with Crippen LogP contribution < -0.4 is 0 Å². The number of piperazine rings is 1. The number of aryl methyl sites for hydroxylation is 1. The van der Waals surface area contributed by atoms with Crippen LogP contribution >= 0.6 is 0 Å². The number of pyridine rings is 1. The Morgan fingerprint density at radius 3 is 2.69 bits per heavy atom. The Kier molecular flexibility index (Phi) is 5.38. The molecule has 1 aromatic heterocycles. The largest absolute Gasteiger partial charge is 0.335 e. The Morgan fingerprint density at radius 2 is 2.00 bits per heavy atom. The molecule has 0 radical (unpaired) electrons. The fraction of sp³-hybridized carbons (Fsp3) is 0.500. The number of hydrogen-bond acceptors (Lipinski definition) is 3. The highest BCUT2D eigenvalue weighted by atomic mass is 32.2. The van der Waals surface area contributed by atoms with Gasteiger partial charge in [-0.15, -0.1) is 0 Å². The topological polar surface area (TPSA) is 53.5 Å². The normalized spacial score (nSPS) is 27.1. The molecular formula is C22H28FN3O2S. The molecule has 2 atom stereocenters. The molecule has 7 heteroatoms. The Balaban J connectivity index is 1.43. The van der Waals surface area contributed by atoms with Crippen molar-refractivity contribution in [1.82, 2.24) is 14.2 Å². The molecule has 1 aliphatic heterocycles. The SMILES string of the molecule is C=S(=O)(N1CCN(C(=O)c2ccc3c(n2)C=CCC3)CC1)C1(C)CC=C(F)CC1. The molecule has 3 aliphatic rings. The van der Waals surface area contributed by atoms with Gasteiger partial charge in [-0.2, -0.15) is 0 Å². The van der Waals surface area contributed by atoms with Crippen molar-refractivity contribution in [3.05, 3.63) is 47.1 Å². The Hall–Kier alpha value is -1.99. The summed E-state index contributed by atoms with van der Waals surface area (Å²) in [6.07, 6.45) is 8.87. The fourth-order valence-corrected chi connectivity index (χ4v) is 6.42. The average Bonchev–Trinajstić information content (AvgIpc) is 2.75. The van der Waals surface area contributed by atoms with Gasteiger partial charge in [-0.3, -0.25) is 9.00 Å². The highest BCUT2D eigenvalue weighted by Gasteiger charge is 2.40. The van der Waals surface area contributed by atoms with Crippen LogP contribution in [0.3, 0.4) is 0 Å². The van der Waals surface area contributed by atoms with E-state index in [-0.39, 0.29) is 11.7 Å². The van der Waals surface area contributed by atoms with Crippen molar-refractivity contribution in [2.75, 3.05) is 26.2 Å². The second-order valence-electron chi connectivity index (χ2n) is 8.35. The summed E-state index contributed by atoms with van der Waals surface area (Å²) in [4.78, 5) is 19.2. The predicted molar refractivity (Wildman–Crippen MR) is 116 cm³/mol. The highest BCUT2D eigenvalue weighted by molar-refractivity contribution is 7.99. The van der Waals surface area contributed by atoms with E-state index in [1.54, 1.807) is 17.0 Å². The average molecular weight is 418 g/mol. The summed E-state index contributed by atoms with van der Waals surface area (Å²) in [6.45, 7) is 3.91. The highest BCUT2D eigenvalue weighted by Crippen LogP contribution is 2.36. The van der Waals surface area contributed by atoms with Crippen molar-refractivity contribution in [1.29, 1.82) is 0 Å². The molecule has 0 aromatic carbocycles. The van der Waals surface area contributed by atoms with Gasteiger partial charge < -0.3 is 4.90 Å². The minimum absolute atomic E-state index is 0.0872. The van der Waals surface area contributed by atoms with Crippen LogP contribution in [0.4, 0.5) is 4.39 Å². The molecule has 2 unspecified atom stereocenters. The summed E-state index contributed by atoms with van der Waals surface area (Å²) in [7, 11) is -2.57. The molecule has 0 spiro atoms. The standard InChI is InChI=1S/C22H28FN3O2S/c1-22(11-9-18(23)10-12-22)29(2,28)26-15-13-25(14-16-26)21(27)20-8-7-17-5-3-4-6-19(17)24-20/h4,6-9H,2-3,5,10-16H2,1H3. The molecule has 2 aliphatic carbocycles.